The summed E-state index contributed by atoms with van der Waals surface area (Å²) in [6.45, 7) is 4.74. The van der Waals surface area contributed by atoms with Crippen molar-refractivity contribution in [1.29, 1.82) is 0 Å². The number of hydrogen-bond acceptors (Lipinski definition) is 2. The molecule has 1 atom stereocenters. The number of hydrogen-bond donors (Lipinski definition) is 2. The summed E-state index contributed by atoms with van der Waals surface area (Å²) in [4.78, 5) is 11.7. The summed E-state index contributed by atoms with van der Waals surface area (Å²) in [7, 11) is 0. The molecule has 1 amide bonds. The Bertz CT molecular complexity index is 346. The molecule has 1 aromatic carbocycles. The smallest absolute Gasteiger partial charge is 0.224 e. The first-order valence-corrected chi connectivity index (χ1v) is 6.17. The average Bonchev–Trinajstić information content (AvgIpc) is 2.29. The van der Waals surface area contributed by atoms with Crippen LogP contribution in [0.2, 0.25) is 0 Å². The molecule has 3 heteroatoms. The van der Waals surface area contributed by atoms with Crippen LogP contribution >= 0.6 is 0 Å². The first-order valence-electron chi connectivity index (χ1n) is 6.17. The van der Waals surface area contributed by atoms with Gasteiger partial charge in [-0.05, 0) is 38.8 Å². The van der Waals surface area contributed by atoms with E-state index in [0.29, 0.717) is 13.0 Å². The van der Waals surface area contributed by atoms with E-state index >= 15 is 0 Å². The summed E-state index contributed by atoms with van der Waals surface area (Å²) in [5.74, 6) is 0.0818. The molecule has 3 N–H and O–H groups in total. The van der Waals surface area contributed by atoms with Crippen LogP contribution in [0.5, 0.6) is 0 Å². The lowest BCUT2D eigenvalue weighted by molar-refractivity contribution is -0.121. The van der Waals surface area contributed by atoms with Crippen molar-refractivity contribution in [3.63, 3.8) is 0 Å². The predicted octanol–water partition coefficient (Wildman–Crippen LogP) is 1.78. The third-order valence-corrected chi connectivity index (χ3v) is 2.73. The second kappa shape index (κ2) is 7.07. The zero-order valence-corrected chi connectivity index (χ0v) is 10.7. The highest BCUT2D eigenvalue weighted by molar-refractivity contribution is 5.78. The number of carbonyl (C=O) groups excluding carboxylic acids is 1. The van der Waals surface area contributed by atoms with E-state index in [-0.39, 0.29) is 11.9 Å². The van der Waals surface area contributed by atoms with Crippen LogP contribution in [-0.2, 0) is 11.2 Å². The molecule has 0 aliphatic carbocycles. The molecular formula is C14H22N2O. The number of nitrogens with one attached hydrogen (secondary N) is 1. The SMILES string of the molecule is Cc1ccc(CC(=O)NC(C)CCCN)cc1. The van der Waals surface area contributed by atoms with Crippen molar-refractivity contribution < 1.29 is 4.79 Å². The molecule has 0 heterocycles. The molecule has 3 nitrogen and oxygen atoms in total. The maximum Gasteiger partial charge on any atom is 0.224 e. The summed E-state index contributed by atoms with van der Waals surface area (Å²) >= 11 is 0. The third kappa shape index (κ3) is 5.50. The van der Waals surface area contributed by atoms with E-state index in [1.54, 1.807) is 0 Å². The number of rotatable bonds is 6. The molecule has 0 aliphatic heterocycles. The Kier molecular flexibility index (Phi) is 5.70. The number of aryl methyl sites for hydroxylation is 1. The lowest BCUT2D eigenvalue weighted by atomic mass is 10.1. The van der Waals surface area contributed by atoms with E-state index in [1.807, 2.05) is 38.1 Å². The van der Waals surface area contributed by atoms with Gasteiger partial charge in [-0.2, -0.15) is 0 Å². The average molecular weight is 234 g/mol. The highest BCUT2D eigenvalue weighted by Gasteiger charge is 2.07. The normalized spacial score (nSPS) is 12.2. The minimum absolute atomic E-state index is 0.0818. The largest absolute Gasteiger partial charge is 0.353 e. The third-order valence-electron chi connectivity index (χ3n) is 2.73. The van der Waals surface area contributed by atoms with E-state index in [2.05, 4.69) is 5.32 Å². The number of benzene rings is 1. The van der Waals surface area contributed by atoms with Crippen LogP contribution in [0.4, 0.5) is 0 Å². The van der Waals surface area contributed by atoms with Crippen molar-refractivity contribution in [3.05, 3.63) is 35.4 Å². The Hall–Kier alpha value is -1.35. The van der Waals surface area contributed by atoms with Crippen LogP contribution < -0.4 is 11.1 Å². The number of nitrogens with two attached hydrogens (primary N) is 1. The molecule has 0 fully saturated rings. The molecule has 17 heavy (non-hydrogen) atoms. The molecule has 1 unspecified atom stereocenters. The van der Waals surface area contributed by atoms with Crippen LogP contribution in [0.25, 0.3) is 0 Å². The van der Waals surface area contributed by atoms with Gasteiger partial charge in [-0.3, -0.25) is 4.79 Å². The molecule has 94 valence electrons. The first-order chi connectivity index (χ1) is 8.11. The van der Waals surface area contributed by atoms with Gasteiger partial charge in [-0.25, -0.2) is 0 Å². The van der Waals surface area contributed by atoms with Crippen LogP contribution in [0.3, 0.4) is 0 Å². The summed E-state index contributed by atoms with van der Waals surface area (Å²) in [6.07, 6.45) is 2.34. The molecule has 0 saturated carbocycles. The molecule has 0 bridgehead atoms. The standard InChI is InChI=1S/C14H22N2O/c1-11-5-7-13(8-6-11)10-14(17)16-12(2)4-3-9-15/h5-8,12H,3-4,9-10,15H2,1-2H3,(H,16,17). The summed E-state index contributed by atoms with van der Waals surface area (Å²) < 4.78 is 0. The Balaban J connectivity index is 2.36. The van der Waals surface area contributed by atoms with Gasteiger partial charge in [-0.15, -0.1) is 0 Å². The fourth-order valence-corrected chi connectivity index (χ4v) is 1.71. The van der Waals surface area contributed by atoms with Gasteiger partial charge >= 0.3 is 0 Å². The van der Waals surface area contributed by atoms with Crippen LogP contribution in [0.15, 0.2) is 24.3 Å². The Morgan fingerprint density at radius 1 is 1.35 bits per heavy atom. The molecule has 0 saturated heterocycles. The second-order valence-electron chi connectivity index (χ2n) is 4.56. The Labute approximate surface area is 103 Å². The maximum absolute atomic E-state index is 11.7. The first kappa shape index (κ1) is 13.7. The van der Waals surface area contributed by atoms with Crippen LogP contribution in [-0.4, -0.2) is 18.5 Å². The quantitative estimate of drug-likeness (QED) is 0.788. The second-order valence-corrected chi connectivity index (χ2v) is 4.56. The lowest BCUT2D eigenvalue weighted by Gasteiger charge is -2.13. The summed E-state index contributed by atoms with van der Waals surface area (Å²) in [6, 6.07) is 8.26. The zero-order chi connectivity index (χ0) is 12.7. The minimum atomic E-state index is 0.0818. The Morgan fingerprint density at radius 3 is 2.59 bits per heavy atom. The number of carbonyl (C=O) groups is 1. The summed E-state index contributed by atoms with van der Waals surface area (Å²) in [5, 5.41) is 2.98. The van der Waals surface area contributed by atoms with Crippen molar-refractivity contribution >= 4 is 5.91 Å². The van der Waals surface area contributed by atoms with E-state index in [1.165, 1.54) is 5.56 Å². The number of amides is 1. The van der Waals surface area contributed by atoms with Crippen molar-refractivity contribution in [1.82, 2.24) is 5.32 Å². The van der Waals surface area contributed by atoms with Gasteiger partial charge in [0.25, 0.3) is 0 Å². The van der Waals surface area contributed by atoms with Gasteiger partial charge in [0.15, 0.2) is 0 Å². The lowest BCUT2D eigenvalue weighted by Crippen LogP contribution is -2.34. The van der Waals surface area contributed by atoms with Crippen molar-refractivity contribution in [2.24, 2.45) is 5.73 Å². The highest BCUT2D eigenvalue weighted by atomic mass is 16.1. The maximum atomic E-state index is 11.7. The van der Waals surface area contributed by atoms with E-state index in [0.717, 1.165) is 18.4 Å². The molecular weight excluding hydrogens is 212 g/mol. The van der Waals surface area contributed by atoms with Gasteiger partial charge in [0.2, 0.25) is 5.91 Å². The Morgan fingerprint density at radius 2 is 2.00 bits per heavy atom. The van der Waals surface area contributed by atoms with Gasteiger partial charge < -0.3 is 11.1 Å². The van der Waals surface area contributed by atoms with Gasteiger partial charge in [-0.1, -0.05) is 29.8 Å². The molecule has 0 spiro atoms. The summed E-state index contributed by atoms with van der Waals surface area (Å²) in [5.41, 5.74) is 7.70. The highest BCUT2D eigenvalue weighted by Crippen LogP contribution is 2.04. The minimum Gasteiger partial charge on any atom is -0.353 e. The predicted molar refractivity (Wildman–Crippen MR) is 70.8 cm³/mol. The van der Waals surface area contributed by atoms with E-state index in [9.17, 15) is 4.79 Å². The van der Waals surface area contributed by atoms with Crippen molar-refractivity contribution in [3.8, 4) is 0 Å². The fourth-order valence-electron chi connectivity index (χ4n) is 1.71. The van der Waals surface area contributed by atoms with Gasteiger partial charge in [0.1, 0.15) is 0 Å². The van der Waals surface area contributed by atoms with Crippen molar-refractivity contribution in [2.75, 3.05) is 6.54 Å². The molecule has 0 radical (unpaired) electrons. The molecule has 0 aromatic heterocycles. The zero-order valence-electron chi connectivity index (χ0n) is 10.7. The van der Waals surface area contributed by atoms with Crippen LogP contribution in [0, 0.1) is 6.92 Å². The van der Waals surface area contributed by atoms with Crippen molar-refractivity contribution in [2.45, 2.75) is 39.2 Å². The molecule has 1 rings (SSSR count). The van der Waals surface area contributed by atoms with E-state index in [4.69, 9.17) is 5.73 Å². The topological polar surface area (TPSA) is 55.1 Å². The molecule has 0 aliphatic rings. The van der Waals surface area contributed by atoms with Gasteiger partial charge in [0.05, 0.1) is 6.42 Å². The van der Waals surface area contributed by atoms with Gasteiger partial charge in [0, 0.05) is 6.04 Å². The molecule has 1 aromatic rings. The monoisotopic (exact) mass is 234 g/mol. The van der Waals surface area contributed by atoms with E-state index < -0.39 is 0 Å². The van der Waals surface area contributed by atoms with Crippen LogP contribution in [0.1, 0.15) is 30.9 Å². The fraction of sp³-hybridized carbons (Fsp3) is 0.500.